The average molecular weight is 870 g/mol. The van der Waals surface area contributed by atoms with Crippen LogP contribution < -0.4 is 27.0 Å². The molecule has 23 nitrogen and oxygen atoms in total. The number of aliphatic hydroxyl groups excluding tert-OH is 2. The Bertz CT molecular complexity index is 1370. The van der Waals surface area contributed by atoms with Gasteiger partial charge in [0.15, 0.2) is 0 Å². The van der Waals surface area contributed by atoms with Gasteiger partial charge in [0.1, 0.15) is 0 Å². The van der Waals surface area contributed by atoms with Gasteiger partial charge in [-0.25, -0.2) is 28.8 Å². The van der Waals surface area contributed by atoms with Gasteiger partial charge >= 0.3 is 42.3 Å². The molecule has 0 unspecified atom stereocenters. The van der Waals surface area contributed by atoms with Crippen LogP contribution in [0.4, 0.5) is 28.8 Å². The highest BCUT2D eigenvalue weighted by Gasteiger charge is 2.30. The molecule has 61 heavy (non-hydrogen) atoms. The zero-order chi connectivity index (χ0) is 44.8. The van der Waals surface area contributed by atoms with Crippen molar-refractivity contribution in [3.8, 4) is 0 Å². The highest BCUT2D eigenvalue weighted by atomic mass is 16.3. The second-order valence-electron chi connectivity index (χ2n) is 14.8. The first-order valence-corrected chi connectivity index (χ1v) is 21.6. The van der Waals surface area contributed by atoms with Crippen LogP contribution in [0.1, 0.15) is 51.9 Å². The molecule has 6 heterocycles. The van der Waals surface area contributed by atoms with Gasteiger partial charge in [0.05, 0.1) is 0 Å². The lowest BCUT2D eigenvalue weighted by molar-refractivity contribution is -0.191. The Morgan fingerprint density at radius 2 is 0.738 bits per heavy atom. The minimum atomic E-state index is -0.0322. The number of aliphatic hydroxyl groups is 2. The summed E-state index contributed by atoms with van der Waals surface area (Å²) in [4.78, 5) is 100. The van der Waals surface area contributed by atoms with Gasteiger partial charge < -0.3 is 76.4 Å². The molecular formula is C38H71N13O10. The summed E-state index contributed by atoms with van der Waals surface area (Å²) >= 11 is 0. The first-order valence-electron chi connectivity index (χ1n) is 21.6. The van der Waals surface area contributed by atoms with E-state index in [4.69, 9.17) is 25.5 Å². The Kier molecular flexibility index (Phi) is 26.3. The summed E-state index contributed by atoms with van der Waals surface area (Å²) in [6.45, 7) is 17.8. The van der Waals surface area contributed by atoms with E-state index in [9.17, 15) is 28.8 Å². The minimum absolute atomic E-state index is 0.0120. The molecule has 348 valence electrons. The number of carbonyl (C=O) groups is 6. The summed E-state index contributed by atoms with van der Waals surface area (Å²) in [5, 5.41) is 27.4. The van der Waals surface area contributed by atoms with E-state index in [0.29, 0.717) is 45.8 Å². The van der Waals surface area contributed by atoms with Gasteiger partial charge in [-0.2, -0.15) is 9.59 Å². The van der Waals surface area contributed by atoms with E-state index in [2.05, 4.69) is 28.2 Å². The molecule has 6 fully saturated rings. The molecule has 8 N–H and O–H groups in total. The van der Waals surface area contributed by atoms with Gasteiger partial charge in [0.25, 0.3) is 0 Å². The lowest BCUT2D eigenvalue weighted by Crippen LogP contribution is -2.39. The van der Waals surface area contributed by atoms with Crippen molar-refractivity contribution < 1.29 is 48.6 Å². The maximum absolute atomic E-state index is 12.4. The highest BCUT2D eigenvalue weighted by molar-refractivity contribution is 5.79. The van der Waals surface area contributed by atoms with E-state index in [1.165, 1.54) is 0 Å². The number of nitrogens with one attached hydrogen (secondary N) is 4. The second-order valence-corrected chi connectivity index (χ2v) is 14.8. The summed E-state index contributed by atoms with van der Waals surface area (Å²) in [5.41, 5.74) is 5.25. The van der Waals surface area contributed by atoms with Crippen molar-refractivity contribution in [3.05, 3.63) is 0 Å². The van der Waals surface area contributed by atoms with Crippen molar-refractivity contribution in [1.82, 2.24) is 60.5 Å². The highest BCUT2D eigenvalue weighted by Crippen LogP contribution is 2.12. The van der Waals surface area contributed by atoms with Crippen LogP contribution >= 0.6 is 0 Å². The predicted molar refractivity (Wildman–Crippen MR) is 223 cm³/mol. The molecule has 0 aliphatic carbocycles. The molecule has 0 atom stereocenters. The standard InChI is InChI=1S/C16H28N6O3.C11H20N4O2.C5H11N3O.C5H12O2.CO2/c23-14-17-4-8-19(14)6-2-1-3-7-21-12-13-22(16(21)25)11-10-20-9-5-18-15(20)24;1-2-4-14-8-9-15(11(14)17)7-6-13-5-3-12-10(13)16;6-1-3-8-4-2-7-5(8)9;6-4-2-1-3-5-7;2-1-3/h1-13H2,(H,17,23)(H,18,24);2-9H2,1H3,(H,12,16);1-4,6H2,(H,7,9);6-7H,1-5H2;. The summed E-state index contributed by atoms with van der Waals surface area (Å²) in [6, 6.07) is 0.208. The Labute approximate surface area is 359 Å². The molecule has 0 radical (unpaired) electrons. The fraction of sp³-hybridized carbons (Fsp3) is 0.816. The van der Waals surface area contributed by atoms with E-state index in [0.717, 1.165) is 137 Å². The number of carbonyl (C=O) groups excluding carboxylic acids is 8. The number of rotatable bonds is 20. The number of hydrogen-bond donors (Lipinski definition) is 7. The molecule has 6 aliphatic heterocycles. The van der Waals surface area contributed by atoms with Crippen LogP contribution in [0.2, 0.25) is 0 Å². The number of amides is 12. The number of nitrogens with two attached hydrogens (primary N) is 1. The summed E-state index contributed by atoms with van der Waals surface area (Å²) in [6.07, 6.45) is 6.77. The van der Waals surface area contributed by atoms with Gasteiger partial charge in [-0.1, -0.05) is 6.92 Å². The largest absolute Gasteiger partial charge is 0.396 e. The van der Waals surface area contributed by atoms with E-state index < -0.39 is 0 Å². The third kappa shape index (κ3) is 19.4. The number of urea groups is 6. The maximum atomic E-state index is 12.4. The quantitative estimate of drug-likeness (QED) is 0.0702. The summed E-state index contributed by atoms with van der Waals surface area (Å²) in [7, 11) is 0. The zero-order valence-corrected chi connectivity index (χ0v) is 36.0. The van der Waals surface area contributed by atoms with Crippen molar-refractivity contribution in [1.29, 1.82) is 0 Å². The predicted octanol–water partition coefficient (Wildman–Crippen LogP) is -1.37. The van der Waals surface area contributed by atoms with Gasteiger partial charge in [-0.3, -0.25) is 0 Å². The lowest BCUT2D eigenvalue weighted by atomic mass is 10.2. The second kappa shape index (κ2) is 30.8. The Morgan fingerprint density at radius 3 is 1.07 bits per heavy atom. The first kappa shape index (κ1) is 52.0. The normalized spacial score (nSPS) is 18.1. The lowest BCUT2D eigenvalue weighted by Gasteiger charge is -2.21. The van der Waals surface area contributed by atoms with E-state index in [1.807, 2.05) is 24.5 Å². The van der Waals surface area contributed by atoms with E-state index in [-0.39, 0.29) is 55.6 Å². The monoisotopic (exact) mass is 870 g/mol. The van der Waals surface area contributed by atoms with E-state index >= 15 is 0 Å². The van der Waals surface area contributed by atoms with Crippen molar-refractivity contribution in [2.45, 2.75) is 51.9 Å². The fourth-order valence-electron chi connectivity index (χ4n) is 7.08. The van der Waals surface area contributed by atoms with Gasteiger partial charge in [-0.05, 0) is 44.9 Å². The SMILES string of the molecule is CCCN1CCN(CCN2CCNC2=O)C1=O.NCCN1CCNC1=O.O=C1NCCN1CCCCCN1CCN(CCN2CCNC2=O)C1=O.O=C=O.OCCCCCO. The Morgan fingerprint density at radius 1 is 0.443 bits per heavy atom. The fourth-order valence-corrected chi connectivity index (χ4v) is 7.08. The third-order valence-corrected chi connectivity index (χ3v) is 10.5. The zero-order valence-electron chi connectivity index (χ0n) is 36.0. The summed E-state index contributed by atoms with van der Waals surface area (Å²) < 4.78 is 0. The number of unbranched alkanes of at least 4 members (excludes halogenated alkanes) is 4. The molecule has 0 bridgehead atoms. The van der Waals surface area contributed by atoms with Crippen molar-refractivity contribution >= 4 is 42.3 Å². The van der Waals surface area contributed by atoms with Crippen LogP contribution in [0.15, 0.2) is 0 Å². The molecule has 6 aliphatic rings. The molecule has 0 aromatic heterocycles. The molecule has 23 heteroatoms. The number of nitrogens with zero attached hydrogens (tertiary/aromatic N) is 8. The van der Waals surface area contributed by atoms with Crippen LogP contribution in [0.3, 0.4) is 0 Å². The van der Waals surface area contributed by atoms with Gasteiger partial charge in [0, 0.05) is 151 Å². The smallest absolute Gasteiger partial charge is 0.373 e. The van der Waals surface area contributed by atoms with Crippen LogP contribution in [0.5, 0.6) is 0 Å². The van der Waals surface area contributed by atoms with E-state index in [1.54, 1.807) is 14.7 Å². The molecule has 6 rings (SSSR count). The molecule has 0 spiro atoms. The van der Waals surface area contributed by atoms with Crippen molar-refractivity contribution in [3.63, 3.8) is 0 Å². The maximum Gasteiger partial charge on any atom is 0.373 e. The van der Waals surface area contributed by atoms with Crippen LogP contribution in [0, 0.1) is 0 Å². The van der Waals surface area contributed by atoms with Crippen molar-refractivity contribution in [2.24, 2.45) is 5.73 Å². The summed E-state index contributed by atoms with van der Waals surface area (Å²) in [5.74, 6) is 0. The first-order chi connectivity index (χ1) is 29.5. The molecular weight excluding hydrogens is 798 g/mol. The molecule has 6 saturated heterocycles. The van der Waals surface area contributed by atoms with Crippen LogP contribution in [-0.2, 0) is 9.59 Å². The minimum Gasteiger partial charge on any atom is -0.396 e. The average Bonchev–Trinajstić information content (AvgIpc) is 4.13. The topological polar surface area (TPSA) is 277 Å². The third-order valence-electron chi connectivity index (χ3n) is 10.5. The molecule has 12 amide bonds. The number of hydrogen-bond acceptors (Lipinski definition) is 11. The van der Waals surface area contributed by atoms with Gasteiger partial charge in [-0.15, -0.1) is 0 Å². The molecule has 0 saturated carbocycles. The van der Waals surface area contributed by atoms with Gasteiger partial charge in [0.2, 0.25) is 0 Å². The Balaban J connectivity index is 0.000000305. The molecule has 0 aromatic carbocycles. The van der Waals surface area contributed by atoms with Crippen LogP contribution in [-0.4, -0.2) is 242 Å². The molecule has 0 aromatic rings. The van der Waals surface area contributed by atoms with Crippen molar-refractivity contribution in [2.75, 3.05) is 151 Å². The van der Waals surface area contributed by atoms with Crippen LogP contribution in [0.25, 0.3) is 0 Å². The Hall–Kier alpha value is -5.12.